The lowest BCUT2D eigenvalue weighted by Crippen LogP contribution is -2.47. The van der Waals surface area contributed by atoms with Crippen molar-refractivity contribution in [2.24, 2.45) is 23.2 Å². The van der Waals surface area contributed by atoms with E-state index in [0.29, 0.717) is 5.41 Å². The lowest BCUT2D eigenvalue weighted by atomic mass is 9.48. The zero-order valence-corrected chi connectivity index (χ0v) is 18.9. The summed E-state index contributed by atoms with van der Waals surface area (Å²) in [5, 5.41) is 0.757. The van der Waals surface area contributed by atoms with Crippen molar-refractivity contribution in [2.75, 3.05) is 7.11 Å². The highest BCUT2D eigenvalue weighted by Crippen LogP contribution is 2.61. The van der Waals surface area contributed by atoms with Gasteiger partial charge in [0, 0.05) is 11.3 Å². The van der Waals surface area contributed by atoms with Crippen LogP contribution in [0.15, 0.2) is 34.2 Å². The number of nitrogens with one attached hydrogen (secondary N) is 1. The lowest BCUT2D eigenvalue weighted by molar-refractivity contribution is -0.0528. The van der Waals surface area contributed by atoms with E-state index in [-0.39, 0.29) is 5.56 Å². The van der Waals surface area contributed by atoms with Crippen molar-refractivity contribution < 1.29 is 4.74 Å². The number of thioether (sulfide) groups is 1. The van der Waals surface area contributed by atoms with Gasteiger partial charge in [-0.3, -0.25) is 4.79 Å². The van der Waals surface area contributed by atoms with Crippen LogP contribution in [0.3, 0.4) is 0 Å². The fourth-order valence-corrected chi connectivity index (χ4v) is 7.67. The molecule has 2 aromatic rings. The summed E-state index contributed by atoms with van der Waals surface area (Å²) in [4.78, 5) is 20.9. The molecule has 4 fully saturated rings. The molecule has 0 spiro atoms. The topological polar surface area (TPSA) is 55.0 Å². The largest absolute Gasteiger partial charge is 0.497 e. The van der Waals surface area contributed by atoms with Gasteiger partial charge < -0.3 is 9.72 Å². The number of methoxy groups -OCH3 is 1. The molecule has 30 heavy (non-hydrogen) atoms. The van der Waals surface area contributed by atoms with E-state index in [1.54, 1.807) is 18.9 Å². The van der Waals surface area contributed by atoms with Crippen LogP contribution < -0.4 is 10.3 Å². The van der Waals surface area contributed by atoms with Crippen LogP contribution in [-0.2, 0) is 18.6 Å². The van der Waals surface area contributed by atoms with Gasteiger partial charge >= 0.3 is 0 Å². The van der Waals surface area contributed by atoms with E-state index in [9.17, 15) is 4.79 Å². The van der Waals surface area contributed by atoms with Crippen LogP contribution in [0, 0.1) is 23.2 Å². The molecule has 1 heterocycles. The van der Waals surface area contributed by atoms with E-state index in [4.69, 9.17) is 9.72 Å². The first-order valence-corrected chi connectivity index (χ1v) is 12.4. The summed E-state index contributed by atoms with van der Waals surface area (Å²) in [5.74, 6) is 4.42. The molecule has 0 unspecified atom stereocenters. The van der Waals surface area contributed by atoms with Gasteiger partial charge in [0.1, 0.15) is 5.75 Å². The Kier molecular flexibility index (Phi) is 5.42. The first-order valence-electron chi connectivity index (χ1n) is 11.4. The summed E-state index contributed by atoms with van der Waals surface area (Å²) in [6.45, 7) is 2.08. The summed E-state index contributed by atoms with van der Waals surface area (Å²) in [7, 11) is 1.68. The standard InChI is InChI=1S/C25H32N2O2S/c1-3-21-22(14-25-11-17-8-18(12-25)10-19(9-17)13-25)26-24(27-23(21)28)30-15-16-4-6-20(29-2)7-5-16/h4-7,17-19H,3,8-15H2,1-2H3,(H,26,27,28). The third kappa shape index (κ3) is 3.93. The number of aromatic amines is 1. The predicted molar refractivity (Wildman–Crippen MR) is 121 cm³/mol. The molecule has 0 radical (unpaired) electrons. The molecular weight excluding hydrogens is 392 g/mol. The van der Waals surface area contributed by atoms with E-state index in [0.717, 1.165) is 58.5 Å². The number of hydrogen-bond donors (Lipinski definition) is 1. The number of hydrogen-bond acceptors (Lipinski definition) is 4. The molecule has 4 nitrogen and oxygen atoms in total. The minimum absolute atomic E-state index is 0.0597. The lowest BCUT2D eigenvalue weighted by Gasteiger charge is -2.57. The van der Waals surface area contributed by atoms with Crippen LogP contribution in [0.5, 0.6) is 5.75 Å². The molecule has 1 aromatic heterocycles. The molecule has 5 heteroatoms. The molecule has 0 atom stereocenters. The van der Waals surface area contributed by atoms with Gasteiger partial charge in [0.15, 0.2) is 5.16 Å². The van der Waals surface area contributed by atoms with Crippen molar-refractivity contribution in [3.05, 3.63) is 51.4 Å². The first-order chi connectivity index (χ1) is 14.6. The number of nitrogens with zero attached hydrogens (tertiary/aromatic N) is 1. The normalized spacial score (nSPS) is 29.3. The molecule has 4 aliphatic rings. The number of rotatable bonds is 7. The first kappa shape index (κ1) is 20.2. The molecule has 0 amide bonds. The van der Waals surface area contributed by atoms with Gasteiger partial charge in [0.25, 0.3) is 5.56 Å². The van der Waals surface area contributed by atoms with Gasteiger partial charge in [-0.25, -0.2) is 4.98 Å². The Morgan fingerprint density at radius 2 is 1.73 bits per heavy atom. The highest BCUT2D eigenvalue weighted by atomic mass is 32.2. The molecule has 6 rings (SSSR count). The summed E-state index contributed by atoms with van der Waals surface area (Å²) in [6, 6.07) is 8.09. The second kappa shape index (κ2) is 8.07. The van der Waals surface area contributed by atoms with E-state index < -0.39 is 0 Å². The maximum atomic E-state index is 12.8. The average molecular weight is 425 g/mol. The van der Waals surface area contributed by atoms with Gasteiger partial charge in [-0.15, -0.1) is 0 Å². The van der Waals surface area contributed by atoms with Gasteiger partial charge in [-0.2, -0.15) is 0 Å². The van der Waals surface area contributed by atoms with Crippen molar-refractivity contribution in [3.8, 4) is 5.75 Å². The monoisotopic (exact) mass is 424 g/mol. The van der Waals surface area contributed by atoms with Crippen LogP contribution in [-0.4, -0.2) is 17.1 Å². The second-order valence-electron chi connectivity index (χ2n) is 9.88. The van der Waals surface area contributed by atoms with Crippen LogP contribution in [0.25, 0.3) is 0 Å². The van der Waals surface area contributed by atoms with Crippen molar-refractivity contribution in [2.45, 2.75) is 69.2 Å². The molecule has 4 bridgehead atoms. The quantitative estimate of drug-likeness (QED) is 0.478. The van der Waals surface area contributed by atoms with Gasteiger partial charge in [0.2, 0.25) is 0 Å². The molecule has 1 N–H and O–H groups in total. The average Bonchev–Trinajstić information content (AvgIpc) is 2.71. The predicted octanol–water partition coefficient (Wildman–Crippen LogP) is 5.39. The molecule has 4 aliphatic carbocycles. The number of benzene rings is 1. The molecule has 160 valence electrons. The Bertz CT molecular complexity index is 931. The number of H-pyrrole nitrogens is 1. The summed E-state index contributed by atoms with van der Waals surface area (Å²) in [6.07, 6.45) is 10.2. The van der Waals surface area contributed by atoms with E-state index in [2.05, 4.69) is 24.0 Å². The third-order valence-corrected chi connectivity index (χ3v) is 8.62. The molecule has 4 saturated carbocycles. The maximum absolute atomic E-state index is 12.8. The fraction of sp³-hybridized carbons (Fsp3) is 0.600. The Labute approximate surface area is 183 Å². The van der Waals surface area contributed by atoms with E-state index in [1.165, 1.54) is 44.1 Å². The van der Waals surface area contributed by atoms with Crippen molar-refractivity contribution in [1.82, 2.24) is 9.97 Å². The molecular formula is C25H32N2O2S. The van der Waals surface area contributed by atoms with Gasteiger partial charge in [0.05, 0.1) is 12.8 Å². The number of ether oxygens (including phenoxy) is 1. The Morgan fingerprint density at radius 1 is 1.10 bits per heavy atom. The highest BCUT2D eigenvalue weighted by Gasteiger charge is 2.51. The van der Waals surface area contributed by atoms with E-state index in [1.807, 2.05) is 12.1 Å². The van der Waals surface area contributed by atoms with Crippen LogP contribution in [0.1, 0.15) is 62.3 Å². The number of aromatic nitrogens is 2. The molecule has 0 saturated heterocycles. The van der Waals surface area contributed by atoms with Gasteiger partial charge in [-0.1, -0.05) is 30.8 Å². The molecule has 0 aliphatic heterocycles. The Balaban J connectivity index is 1.36. The smallest absolute Gasteiger partial charge is 0.254 e. The van der Waals surface area contributed by atoms with Crippen molar-refractivity contribution in [3.63, 3.8) is 0 Å². The van der Waals surface area contributed by atoms with Crippen LogP contribution in [0.2, 0.25) is 0 Å². The van der Waals surface area contributed by atoms with Crippen LogP contribution in [0.4, 0.5) is 0 Å². The zero-order chi connectivity index (χ0) is 20.7. The van der Waals surface area contributed by atoms with Crippen molar-refractivity contribution in [1.29, 1.82) is 0 Å². The highest BCUT2D eigenvalue weighted by molar-refractivity contribution is 7.98. The summed E-state index contributed by atoms with van der Waals surface area (Å²) in [5.41, 5.74) is 3.63. The Hall–Kier alpha value is -1.75. The fourth-order valence-electron chi connectivity index (χ4n) is 6.84. The minimum Gasteiger partial charge on any atom is -0.497 e. The Morgan fingerprint density at radius 3 is 2.30 bits per heavy atom. The maximum Gasteiger partial charge on any atom is 0.254 e. The molecule has 1 aromatic carbocycles. The van der Waals surface area contributed by atoms with Crippen molar-refractivity contribution >= 4 is 11.8 Å². The second-order valence-corrected chi connectivity index (χ2v) is 10.8. The van der Waals surface area contributed by atoms with Gasteiger partial charge in [-0.05, 0) is 92.2 Å². The summed E-state index contributed by atoms with van der Waals surface area (Å²) >= 11 is 1.62. The van der Waals surface area contributed by atoms with E-state index >= 15 is 0 Å². The van der Waals surface area contributed by atoms with Crippen LogP contribution >= 0.6 is 11.8 Å². The zero-order valence-electron chi connectivity index (χ0n) is 18.1. The minimum atomic E-state index is 0.0597. The summed E-state index contributed by atoms with van der Waals surface area (Å²) < 4.78 is 5.24. The third-order valence-electron chi connectivity index (χ3n) is 7.68. The SMILES string of the molecule is CCc1c(CC23CC4CC(CC(C4)C2)C3)nc(SCc2ccc(OC)cc2)[nH]c1=O.